The third-order valence-corrected chi connectivity index (χ3v) is 3.32. The molecule has 0 heterocycles. The maximum absolute atomic E-state index is 11.8. The van der Waals surface area contributed by atoms with E-state index in [1.54, 1.807) is 56.5 Å². The Bertz CT molecular complexity index is 739. The van der Waals surface area contributed by atoms with Crippen LogP contribution in [0.5, 0.6) is 17.2 Å². The van der Waals surface area contributed by atoms with Crippen LogP contribution in [-0.4, -0.2) is 30.4 Å². The van der Waals surface area contributed by atoms with Gasteiger partial charge in [-0.1, -0.05) is 11.6 Å². The largest absolute Gasteiger partial charge is 0.507 e. The molecular weight excluding hydrogens is 308 g/mol. The molecule has 0 fully saturated rings. The number of rotatable bonds is 6. The molecule has 0 saturated carbocycles. The van der Waals surface area contributed by atoms with Gasteiger partial charge in [0.25, 0.3) is 5.91 Å². The van der Waals surface area contributed by atoms with E-state index in [4.69, 9.17) is 9.47 Å². The molecule has 0 radical (unpaired) electrons. The van der Waals surface area contributed by atoms with E-state index in [2.05, 4.69) is 10.5 Å². The van der Waals surface area contributed by atoms with Crippen LogP contribution in [0.15, 0.2) is 47.6 Å². The van der Waals surface area contributed by atoms with Gasteiger partial charge in [0.15, 0.2) is 6.61 Å². The van der Waals surface area contributed by atoms with E-state index >= 15 is 0 Å². The van der Waals surface area contributed by atoms with Crippen molar-refractivity contribution in [3.63, 3.8) is 0 Å². The standard InChI is InChI=1S/C18H20N2O4/c1-12-4-9-17(21)16(10-12)13(2)19-20-18(22)11-24-15-7-5-14(23-3)6-8-15/h4-10,21H,11H2,1-3H3,(H,20,22)/b19-13+. The molecule has 2 rings (SSSR count). The second-order valence-electron chi connectivity index (χ2n) is 5.22. The molecular formula is C18H20N2O4. The zero-order valence-electron chi connectivity index (χ0n) is 13.9. The molecule has 2 aromatic rings. The minimum absolute atomic E-state index is 0.116. The Morgan fingerprint density at radius 2 is 1.83 bits per heavy atom. The molecule has 0 saturated heterocycles. The molecule has 0 aliphatic rings. The Labute approximate surface area is 140 Å². The van der Waals surface area contributed by atoms with Crippen LogP contribution in [-0.2, 0) is 4.79 Å². The molecule has 126 valence electrons. The van der Waals surface area contributed by atoms with Crippen molar-refractivity contribution in [2.45, 2.75) is 13.8 Å². The van der Waals surface area contributed by atoms with Gasteiger partial charge in [-0.05, 0) is 50.2 Å². The van der Waals surface area contributed by atoms with E-state index in [9.17, 15) is 9.90 Å². The molecule has 0 spiro atoms. The summed E-state index contributed by atoms with van der Waals surface area (Å²) in [6.45, 7) is 3.46. The molecule has 2 N–H and O–H groups in total. The van der Waals surface area contributed by atoms with Crippen molar-refractivity contribution in [1.29, 1.82) is 0 Å². The Kier molecular flexibility index (Phi) is 5.78. The number of methoxy groups -OCH3 is 1. The Morgan fingerprint density at radius 3 is 2.50 bits per heavy atom. The lowest BCUT2D eigenvalue weighted by Crippen LogP contribution is -2.25. The average Bonchev–Trinajstić information content (AvgIpc) is 2.60. The fraction of sp³-hybridized carbons (Fsp3) is 0.222. The highest BCUT2D eigenvalue weighted by Crippen LogP contribution is 2.19. The summed E-state index contributed by atoms with van der Waals surface area (Å²) in [4.78, 5) is 11.8. The molecule has 2 aromatic carbocycles. The molecule has 0 aliphatic heterocycles. The Morgan fingerprint density at radius 1 is 1.17 bits per heavy atom. The van der Waals surface area contributed by atoms with E-state index in [0.717, 1.165) is 5.56 Å². The number of hydrazone groups is 1. The summed E-state index contributed by atoms with van der Waals surface area (Å²) in [5, 5.41) is 13.8. The quantitative estimate of drug-likeness (QED) is 0.631. The highest BCUT2D eigenvalue weighted by Gasteiger charge is 2.07. The van der Waals surface area contributed by atoms with Crippen LogP contribution in [0.25, 0.3) is 0 Å². The fourth-order valence-electron chi connectivity index (χ4n) is 2.00. The molecule has 0 bridgehead atoms. The molecule has 24 heavy (non-hydrogen) atoms. The molecule has 6 heteroatoms. The van der Waals surface area contributed by atoms with Gasteiger partial charge in [-0.15, -0.1) is 0 Å². The number of aryl methyl sites for hydroxylation is 1. The van der Waals surface area contributed by atoms with Crippen molar-refractivity contribution in [2.75, 3.05) is 13.7 Å². The smallest absolute Gasteiger partial charge is 0.277 e. The van der Waals surface area contributed by atoms with Crippen LogP contribution in [0.4, 0.5) is 0 Å². The predicted molar refractivity (Wildman–Crippen MR) is 91.7 cm³/mol. The topological polar surface area (TPSA) is 80.2 Å². The van der Waals surface area contributed by atoms with Crippen molar-refractivity contribution in [1.82, 2.24) is 5.43 Å². The summed E-state index contributed by atoms with van der Waals surface area (Å²) in [7, 11) is 1.58. The summed E-state index contributed by atoms with van der Waals surface area (Å²) in [6, 6.07) is 12.1. The summed E-state index contributed by atoms with van der Waals surface area (Å²) in [5.74, 6) is 0.996. The summed E-state index contributed by atoms with van der Waals surface area (Å²) < 4.78 is 10.4. The number of phenolic OH excluding ortho intramolecular Hbond substituents is 1. The first-order chi connectivity index (χ1) is 11.5. The normalized spacial score (nSPS) is 11.0. The molecule has 0 atom stereocenters. The molecule has 1 amide bonds. The van der Waals surface area contributed by atoms with E-state index in [1.807, 2.05) is 6.92 Å². The monoisotopic (exact) mass is 328 g/mol. The number of benzene rings is 2. The zero-order valence-corrected chi connectivity index (χ0v) is 13.9. The summed E-state index contributed by atoms with van der Waals surface area (Å²) in [6.07, 6.45) is 0. The lowest BCUT2D eigenvalue weighted by Gasteiger charge is -2.08. The maximum atomic E-state index is 11.8. The fourth-order valence-corrected chi connectivity index (χ4v) is 2.00. The first-order valence-corrected chi connectivity index (χ1v) is 7.39. The van der Waals surface area contributed by atoms with Crippen molar-refractivity contribution in [2.24, 2.45) is 5.10 Å². The summed E-state index contributed by atoms with van der Waals surface area (Å²) in [5.41, 5.74) is 4.48. The van der Waals surface area contributed by atoms with Crippen LogP contribution in [0.2, 0.25) is 0 Å². The minimum atomic E-state index is -0.391. The highest BCUT2D eigenvalue weighted by molar-refractivity contribution is 6.01. The third-order valence-electron chi connectivity index (χ3n) is 3.32. The number of nitrogens with one attached hydrogen (secondary N) is 1. The van der Waals surface area contributed by atoms with E-state index in [-0.39, 0.29) is 12.4 Å². The van der Waals surface area contributed by atoms with Gasteiger partial charge < -0.3 is 14.6 Å². The molecule has 0 aromatic heterocycles. The van der Waals surface area contributed by atoms with Gasteiger partial charge in [0.05, 0.1) is 12.8 Å². The number of carbonyl (C=O) groups excluding carboxylic acids is 1. The lowest BCUT2D eigenvalue weighted by molar-refractivity contribution is -0.123. The van der Waals surface area contributed by atoms with Crippen LogP contribution in [0, 0.1) is 6.92 Å². The number of hydrogen-bond donors (Lipinski definition) is 2. The Balaban J connectivity index is 1.90. The number of nitrogens with zero attached hydrogens (tertiary/aromatic N) is 1. The molecule has 0 aliphatic carbocycles. The van der Waals surface area contributed by atoms with Gasteiger partial charge in [0.2, 0.25) is 0 Å². The lowest BCUT2D eigenvalue weighted by atomic mass is 10.1. The zero-order chi connectivity index (χ0) is 17.5. The van der Waals surface area contributed by atoms with Crippen LogP contribution in [0.1, 0.15) is 18.1 Å². The first kappa shape index (κ1) is 17.3. The molecule has 6 nitrogen and oxygen atoms in total. The minimum Gasteiger partial charge on any atom is -0.507 e. The average molecular weight is 328 g/mol. The number of ether oxygens (including phenoxy) is 2. The van der Waals surface area contributed by atoms with Crippen LogP contribution < -0.4 is 14.9 Å². The second kappa shape index (κ2) is 8.01. The number of carbonyl (C=O) groups is 1. The van der Waals surface area contributed by atoms with Gasteiger partial charge >= 0.3 is 0 Å². The van der Waals surface area contributed by atoms with Crippen molar-refractivity contribution >= 4 is 11.6 Å². The predicted octanol–water partition coefficient (Wildman–Crippen LogP) is 2.63. The van der Waals surface area contributed by atoms with Crippen LogP contribution in [0.3, 0.4) is 0 Å². The van der Waals surface area contributed by atoms with E-state index in [0.29, 0.717) is 22.8 Å². The van der Waals surface area contributed by atoms with Crippen LogP contribution >= 0.6 is 0 Å². The summed E-state index contributed by atoms with van der Waals surface area (Å²) >= 11 is 0. The van der Waals surface area contributed by atoms with Crippen molar-refractivity contribution in [3.8, 4) is 17.2 Å². The first-order valence-electron chi connectivity index (χ1n) is 7.39. The van der Waals surface area contributed by atoms with Gasteiger partial charge in [-0.2, -0.15) is 5.10 Å². The van der Waals surface area contributed by atoms with Crippen molar-refractivity contribution in [3.05, 3.63) is 53.6 Å². The SMILES string of the molecule is COc1ccc(OCC(=O)N/N=C(\C)c2cc(C)ccc2O)cc1. The Hall–Kier alpha value is -3.02. The van der Waals surface area contributed by atoms with Gasteiger partial charge in [0, 0.05) is 5.56 Å². The van der Waals surface area contributed by atoms with E-state index in [1.165, 1.54) is 0 Å². The van der Waals surface area contributed by atoms with E-state index < -0.39 is 5.91 Å². The van der Waals surface area contributed by atoms with Gasteiger partial charge in [-0.25, -0.2) is 5.43 Å². The number of aromatic hydroxyl groups is 1. The van der Waals surface area contributed by atoms with Gasteiger partial charge in [-0.3, -0.25) is 4.79 Å². The number of phenols is 1. The highest BCUT2D eigenvalue weighted by atomic mass is 16.5. The van der Waals surface area contributed by atoms with Crippen molar-refractivity contribution < 1.29 is 19.4 Å². The number of hydrogen-bond acceptors (Lipinski definition) is 5. The second-order valence-corrected chi connectivity index (χ2v) is 5.22. The maximum Gasteiger partial charge on any atom is 0.277 e. The van der Waals surface area contributed by atoms with Gasteiger partial charge in [0.1, 0.15) is 17.2 Å². The molecule has 0 unspecified atom stereocenters. The number of amides is 1. The third kappa shape index (κ3) is 4.74.